The van der Waals surface area contributed by atoms with E-state index in [9.17, 15) is 4.79 Å². The topological polar surface area (TPSA) is 55.8 Å². The highest BCUT2D eigenvalue weighted by molar-refractivity contribution is 5.88. The molecule has 16 heavy (non-hydrogen) atoms. The van der Waals surface area contributed by atoms with E-state index in [1.54, 1.807) is 12.1 Å². The lowest BCUT2D eigenvalue weighted by Crippen LogP contribution is -2.08. The Balaban J connectivity index is 3.01. The van der Waals surface area contributed by atoms with Crippen LogP contribution in [0.1, 0.15) is 17.3 Å². The fourth-order valence-electron chi connectivity index (χ4n) is 1.15. The highest BCUT2D eigenvalue weighted by Crippen LogP contribution is 2.29. The van der Waals surface area contributed by atoms with Gasteiger partial charge < -0.3 is 14.6 Å². The van der Waals surface area contributed by atoms with Gasteiger partial charge in [0.25, 0.3) is 0 Å². The molecular formula is C12H14O4. The second-order valence-electron chi connectivity index (χ2n) is 3.23. The van der Waals surface area contributed by atoms with Crippen LogP contribution in [0.5, 0.6) is 11.5 Å². The van der Waals surface area contributed by atoms with Gasteiger partial charge in [0.15, 0.2) is 11.5 Å². The molecule has 86 valence electrons. The largest absolute Gasteiger partial charge is 0.493 e. The second-order valence-corrected chi connectivity index (χ2v) is 3.23. The van der Waals surface area contributed by atoms with E-state index in [-0.39, 0.29) is 11.7 Å². The number of carbonyl (C=O) groups is 1. The lowest BCUT2D eigenvalue weighted by Gasteiger charge is -2.14. The molecule has 1 atom stereocenters. The zero-order chi connectivity index (χ0) is 12.1. The summed E-state index contributed by atoms with van der Waals surface area (Å²) >= 11 is 0. The van der Waals surface area contributed by atoms with Gasteiger partial charge in [-0.1, -0.05) is 12.7 Å². The summed E-state index contributed by atoms with van der Waals surface area (Å²) in [4.78, 5) is 10.7. The molecule has 0 aliphatic rings. The molecule has 4 heteroatoms. The molecule has 0 aliphatic heterocycles. The van der Waals surface area contributed by atoms with Crippen molar-refractivity contribution in [3.8, 4) is 11.5 Å². The molecule has 0 aliphatic carbocycles. The molecule has 1 unspecified atom stereocenters. The van der Waals surface area contributed by atoms with Gasteiger partial charge in [-0.3, -0.25) is 0 Å². The molecule has 0 heterocycles. The number of ether oxygens (including phenoxy) is 2. The summed E-state index contributed by atoms with van der Waals surface area (Å²) in [5, 5.41) is 8.81. The monoisotopic (exact) mass is 222 g/mol. The lowest BCUT2D eigenvalue weighted by atomic mass is 10.2. The highest BCUT2D eigenvalue weighted by atomic mass is 16.5. The minimum atomic E-state index is -0.999. The normalized spacial score (nSPS) is 11.6. The number of rotatable bonds is 5. The van der Waals surface area contributed by atoms with Gasteiger partial charge in [0.2, 0.25) is 0 Å². The van der Waals surface area contributed by atoms with Crippen molar-refractivity contribution in [2.75, 3.05) is 7.11 Å². The van der Waals surface area contributed by atoms with E-state index >= 15 is 0 Å². The molecule has 4 nitrogen and oxygen atoms in total. The number of aromatic carboxylic acids is 1. The molecule has 1 aromatic carbocycles. The molecular weight excluding hydrogens is 208 g/mol. The fraction of sp³-hybridized carbons (Fsp3) is 0.250. The Morgan fingerprint density at radius 1 is 1.50 bits per heavy atom. The fourth-order valence-corrected chi connectivity index (χ4v) is 1.15. The molecule has 1 N–H and O–H groups in total. The van der Waals surface area contributed by atoms with Crippen LogP contribution in [0, 0.1) is 0 Å². The van der Waals surface area contributed by atoms with Gasteiger partial charge in [0.1, 0.15) is 6.10 Å². The molecule has 0 saturated heterocycles. The zero-order valence-corrected chi connectivity index (χ0v) is 9.27. The van der Waals surface area contributed by atoms with Crippen LogP contribution in [0.3, 0.4) is 0 Å². The smallest absolute Gasteiger partial charge is 0.335 e. The predicted octanol–water partition coefficient (Wildman–Crippen LogP) is 2.35. The molecule has 0 bridgehead atoms. The van der Waals surface area contributed by atoms with Gasteiger partial charge in [-0.05, 0) is 25.1 Å². The first-order chi connectivity index (χ1) is 7.58. The second kappa shape index (κ2) is 5.21. The maximum absolute atomic E-state index is 10.7. The van der Waals surface area contributed by atoms with Gasteiger partial charge in [-0.25, -0.2) is 4.79 Å². The Labute approximate surface area is 94.1 Å². The number of methoxy groups -OCH3 is 1. The Hall–Kier alpha value is -1.97. The minimum absolute atomic E-state index is 0.162. The van der Waals surface area contributed by atoms with Crippen molar-refractivity contribution in [1.82, 2.24) is 0 Å². The van der Waals surface area contributed by atoms with Gasteiger partial charge in [0, 0.05) is 0 Å². The van der Waals surface area contributed by atoms with Gasteiger partial charge in [-0.15, -0.1) is 0 Å². The summed E-state index contributed by atoms with van der Waals surface area (Å²) in [5.74, 6) is -0.102. The van der Waals surface area contributed by atoms with Crippen LogP contribution in [0.15, 0.2) is 30.9 Å². The summed E-state index contributed by atoms with van der Waals surface area (Å²) in [7, 11) is 1.46. The number of hydrogen-bond donors (Lipinski definition) is 1. The molecule has 0 spiro atoms. The molecule has 0 saturated carbocycles. The molecule has 0 radical (unpaired) electrons. The molecule has 0 fully saturated rings. The molecule has 0 aromatic heterocycles. The van der Waals surface area contributed by atoms with Crippen LogP contribution in [0.25, 0.3) is 0 Å². The van der Waals surface area contributed by atoms with E-state index in [2.05, 4.69) is 6.58 Å². The van der Waals surface area contributed by atoms with Crippen molar-refractivity contribution in [2.24, 2.45) is 0 Å². The lowest BCUT2D eigenvalue weighted by molar-refractivity contribution is 0.0696. The van der Waals surface area contributed by atoms with Crippen molar-refractivity contribution < 1.29 is 19.4 Å². The molecule has 1 aromatic rings. The van der Waals surface area contributed by atoms with E-state index in [1.165, 1.54) is 19.2 Å². The van der Waals surface area contributed by atoms with E-state index in [4.69, 9.17) is 14.6 Å². The van der Waals surface area contributed by atoms with E-state index in [0.29, 0.717) is 11.5 Å². The molecule has 1 rings (SSSR count). The minimum Gasteiger partial charge on any atom is -0.493 e. The Kier molecular flexibility index (Phi) is 3.94. The third kappa shape index (κ3) is 2.76. The average Bonchev–Trinajstić information content (AvgIpc) is 2.29. The number of benzene rings is 1. The first kappa shape index (κ1) is 12.1. The SMILES string of the molecule is C=CC(C)Oc1ccc(C(=O)O)cc1OC. The maximum Gasteiger partial charge on any atom is 0.335 e. The van der Waals surface area contributed by atoms with Crippen LogP contribution in [-0.2, 0) is 0 Å². The first-order valence-electron chi connectivity index (χ1n) is 4.79. The summed E-state index contributed by atoms with van der Waals surface area (Å²) in [6.07, 6.45) is 1.48. The highest BCUT2D eigenvalue weighted by Gasteiger charge is 2.11. The standard InChI is InChI=1S/C12H14O4/c1-4-8(2)16-10-6-5-9(12(13)14)7-11(10)15-3/h4-8H,1H2,2-3H3,(H,13,14). The maximum atomic E-state index is 10.7. The number of carboxylic acids is 1. The Morgan fingerprint density at radius 2 is 2.19 bits per heavy atom. The Bertz CT molecular complexity index is 398. The van der Waals surface area contributed by atoms with Crippen molar-refractivity contribution in [1.29, 1.82) is 0 Å². The van der Waals surface area contributed by atoms with Gasteiger partial charge in [0.05, 0.1) is 12.7 Å². The number of carboxylic acid groups (broad SMARTS) is 1. The average molecular weight is 222 g/mol. The van der Waals surface area contributed by atoms with Crippen LogP contribution in [0.4, 0.5) is 0 Å². The first-order valence-corrected chi connectivity index (χ1v) is 4.79. The quantitative estimate of drug-likeness (QED) is 0.777. The third-order valence-corrected chi connectivity index (χ3v) is 2.06. The van der Waals surface area contributed by atoms with Gasteiger partial charge >= 0.3 is 5.97 Å². The van der Waals surface area contributed by atoms with E-state index in [0.717, 1.165) is 0 Å². The van der Waals surface area contributed by atoms with Crippen molar-refractivity contribution in [3.05, 3.63) is 36.4 Å². The Morgan fingerprint density at radius 3 is 2.69 bits per heavy atom. The summed E-state index contributed by atoms with van der Waals surface area (Å²) in [6.45, 7) is 5.43. The van der Waals surface area contributed by atoms with Crippen molar-refractivity contribution in [3.63, 3.8) is 0 Å². The van der Waals surface area contributed by atoms with Crippen LogP contribution >= 0.6 is 0 Å². The number of hydrogen-bond acceptors (Lipinski definition) is 3. The molecule has 0 amide bonds. The van der Waals surface area contributed by atoms with E-state index < -0.39 is 5.97 Å². The third-order valence-electron chi connectivity index (χ3n) is 2.06. The zero-order valence-electron chi connectivity index (χ0n) is 9.27. The van der Waals surface area contributed by atoms with E-state index in [1.807, 2.05) is 6.92 Å². The van der Waals surface area contributed by atoms with Crippen molar-refractivity contribution in [2.45, 2.75) is 13.0 Å². The van der Waals surface area contributed by atoms with Crippen LogP contribution in [-0.4, -0.2) is 24.3 Å². The van der Waals surface area contributed by atoms with Crippen LogP contribution in [0.2, 0.25) is 0 Å². The summed E-state index contributed by atoms with van der Waals surface area (Å²) < 4.78 is 10.5. The predicted molar refractivity (Wildman–Crippen MR) is 60.2 cm³/mol. The van der Waals surface area contributed by atoms with Crippen LogP contribution < -0.4 is 9.47 Å². The summed E-state index contributed by atoms with van der Waals surface area (Å²) in [6, 6.07) is 4.46. The summed E-state index contributed by atoms with van der Waals surface area (Å²) in [5.41, 5.74) is 0.162. The van der Waals surface area contributed by atoms with Crippen molar-refractivity contribution >= 4 is 5.97 Å². The van der Waals surface area contributed by atoms with Gasteiger partial charge in [-0.2, -0.15) is 0 Å².